The van der Waals surface area contributed by atoms with Crippen molar-refractivity contribution in [2.45, 2.75) is 52.9 Å². The van der Waals surface area contributed by atoms with Crippen molar-refractivity contribution in [3.63, 3.8) is 0 Å². The summed E-state index contributed by atoms with van der Waals surface area (Å²) in [4.78, 5) is 10.8. The molecule has 0 spiro atoms. The third kappa shape index (κ3) is 4.78. The Morgan fingerprint density at radius 3 is 2.27 bits per heavy atom. The number of phenols is 1. The van der Waals surface area contributed by atoms with Gasteiger partial charge in [0.25, 0.3) is 0 Å². The summed E-state index contributed by atoms with van der Waals surface area (Å²) < 4.78 is 5.38. The van der Waals surface area contributed by atoms with Gasteiger partial charge in [-0.3, -0.25) is 0 Å². The van der Waals surface area contributed by atoms with Gasteiger partial charge in [-0.1, -0.05) is 39.8 Å². The van der Waals surface area contributed by atoms with Crippen molar-refractivity contribution in [3.8, 4) is 11.5 Å². The molecule has 0 aromatic heterocycles. The van der Waals surface area contributed by atoms with Crippen molar-refractivity contribution < 1.29 is 19.7 Å². The number of aliphatic carboxylic acids is 1. The molecule has 0 heterocycles. The SMILES string of the molecule is Cc1cc(OCC(=O)O)cc(C(C)C)c1Cc1ccc(O)c(C(C)C)c1. The highest BCUT2D eigenvalue weighted by molar-refractivity contribution is 5.68. The van der Waals surface area contributed by atoms with Gasteiger partial charge >= 0.3 is 5.97 Å². The van der Waals surface area contributed by atoms with Crippen LogP contribution in [-0.4, -0.2) is 22.8 Å². The lowest BCUT2D eigenvalue weighted by molar-refractivity contribution is -0.139. The molecule has 0 aliphatic heterocycles. The highest BCUT2D eigenvalue weighted by atomic mass is 16.5. The van der Waals surface area contributed by atoms with E-state index in [2.05, 4.69) is 33.8 Å². The second-order valence-electron chi connectivity index (χ2n) is 7.37. The smallest absolute Gasteiger partial charge is 0.341 e. The van der Waals surface area contributed by atoms with E-state index in [1.807, 2.05) is 25.1 Å². The van der Waals surface area contributed by atoms with Crippen molar-refractivity contribution in [2.75, 3.05) is 6.61 Å². The topological polar surface area (TPSA) is 66.8 Å². The van der Waals surface area contributed by atoms with E-state index in [4.69, 9.17) is 9.84 Å². The molecule has 4 nitrogen and oxygen atoms in total. The first kappa shape index (κ1) is 19.8. The molecule has 2 aromatic rings. The molecule has 2 aromatic carbocycles. The number of benzene rings is 2. The predicted octanol–water partition coefficient (Wildman–Crippen LogP) is 5.00. The molecule has 0 radical (unpaired) electrons. The van der Waals surface area contributed by atoms with Gasteiger partial charge in [-0.2, -0.15) is 0 Å². The molecule has 0 bridgehead atoms. The Hall–Kier alpha value is -2.49. The summed E-state index contributed by atoms with van der Waals surface area (Å²) in [6, 6.07) is 9.63. The molecule has 2 rings (SSSR count). The molecule has 0 aliphatic carbocycles. The van der Waals surface area contributed by atoms with E-state index in [0.29, 0.717) is 17.4 Å². The molecule has 0 saturated carbocycles. The summed E-state index contributed by atoms with van der Waals surface area (Å²) >= 11 is 0. The van der Waals surface area contributed by atoms with Crippen LogP contribution in [0, 0.1) is 6.92 Å². The number of aromatic hydroxyl groups is 1. The van der Waals surface area contributed by atoms with Gasteiger partial charge in [-0.05, 0) is 71.2 Å². The maximum atomic E-state index is 10.8. The van der Waals surface area contributed by atoms with Crippen LogP contribution in [0.4, 0.5) is 0 Å². The van der Waals surface area contributed by atoms with E-state index in [1.54, 1.807) is 6.07 Å². The molecule has 26 heavy (non-hydrogen) atoms. The monoisotopic (exact) mass is 356 g/mol. The van der Waals surface area contributed by atoms with Crippen LogP contribution in [0.2, 0.25) is 0 Å². The minimum atomic E-state index is -0.983. The van der Waals surface area contributed by atoms with Crippen molar-refractivity contribution in [2.24, 2.45) is 0 Å². The van der Waals surface area contributed by atoms with Crippen molar-refractivity contribution in [1.82, 2.24) is 0 Å². The van der Waals surface area contributed by atoms with E-state index in [0.717, 1.165) is 28.7 Å². The predicted molar refractivity (Wildman–Crippen MR) is 103 cm³/mol. The maximum absolute atomic E-state index is 10.8. The highest BCUT2D eigenvalue weighted by Crippen LogP contribution is 2.32. The lowest BCUT2D eigenvalue weighted by Gasteiger charge is -2.19. The molecule has 0 fully saturated rings. The Morgan fingerprint density at radius 1 is 1.04 bits per heavy atom. The first-order valence-corrected chi connectivity index (χ1v) is 8.98. The van der Waals surface area contributed by atoms with Crippen LogP contribution in [0.1, 0.15) is 67.3 Å². The van der Waals surface area contributed by atoms with Crippen molar-refractivity contribution in [1.29, 1.82) is 0 Å². The van der Waals surface area contributed by atoms with Crippen LogP contribution in [0.5, 0.6) is 11.5 Å². The summed E-state index contributed by atoms with van der Waals surface area (Å²) in [5, 5.41) is 18.9. The van der Waals surface area contributed by atoms with E-state index in [1.165, 1.54) is 5.56 Å². The Morgan fingerprint density at radius 2 is 1.69 bits per heavy atom. The summed E-state index contributed by atoms with van der Waals surface area (Å²) in [5.74, 6) is 0.488. The van der Waals surface area contributed by atoms with Gasteiger partial charge in [0.1, 0.15) is 11.5 Å². The summed E-state index contributed by atoms with van der Waals surface area (Å²) in [6.07, 6.45) is 0.762. The zero-order valence-corrected chi connectivity index (χ0v) is 16.2. The number of rotatable bonds is 7. The molecule has 0 saturated heterocycles. The first-order valence-electron chi connectivity index (χ1n) is 8.98. The van der Waals surface area contributed by atoms with Gasteiger partial charge in [0.2, 0.25) is 0 Å². The van der Waals surface area contributed by atoms with Crippen LogP contribution >= 0.6 is 0 Å². The standard InChI is InChI=1S/C22H28O4/c1-13(2)18-11-17(26-12-22(24)25)8-15(5)20(18)10-16-6-7-21(23)19(9-16)14(3)4/h6-9,11,13-14,23H,10,12H2,1-5H3,(H,24,25). The Bertz CT molecular complexity index is 791. The van der Waals surface area contributed by atoms with E-state index >= 15 is 0 Å². The molecule has 0 aliphatic rings. The summed E-state index contributed by atoms with van der Waals surface area (Å²) in [7, 11) is 0. The van der Waals surface area contributed by atoms with E-state index in [9.17, 15) is 9.90 Å². The zero-order chi connectivity index (χ0) is 19.4. The fourth-order valence-corrected chi connectivity index (χ4v) is 3.18. The first-order chi connectivity index (χ1) is 12.2. The third-order valence-corrected chi connectivity index (χ3v) is 4.56. The minimum Gasteiger partial charge on any atom is -0.508 e. The van der Waals surface area contributed by atoms with Gasteiger partial charge < -0.3 is 14.9 Å². The van der Waals surface area contributed by atoms with Gasteiger partial charge in [0.15, 0.2) is 6.61 Å². The second kappa shape index (κ2) is 8.26. The third-order valence-electron chi connectivity index (χ3n) is 4.56. The Labute approximate surface area is 155 Å². The van der Waals surface area contributed by atoms with E-state index in [-0.39, 0.29) is 12.5 Å². The molecular formula is C22H28O4. The molecule has 0 atom stereocenters. The molecule has 0 unspecified atom stereocenters. The summed E-state index contributed by atoms with van der Waals surface area (Å²) in [5.41, 5.74) is 5.56. The van der Waals surface area contributed by atoms with Crippen LogP contribution < -0.4 is 4.74 Å². The molecule has 0 amide bonds. The number of carbonyl (C=O) groups is 1. The van der Waals surface area contributed by atoms with Crippen molar-refractivity contribution >= 4 is 5.97 Å². The quantitative estimate of drug-likeness (QED) is 0.732. The van der Waals surface area contributed by atoms with Crippen LogP contribution in [0.3, 0.4) is 0 Å². The number of carboxylic acids is 1. The van der Waals surface area contributed by atoms with Gasteiger partial charge in [0, 0.05) is 0 Å². The number of ether oxygens (including phenoxy) is 1. The van der Waals surface area contributed by atoms with Crippen molar-refractivity contribution in [3.05, 3.63) is 58.1 Å². The highest BCUT2D eigenvalue weighted by Gasteiger charge is 2.15. The number of carboxylic acid groups (broad SMARTS) is 1. The summed E-state index contributed by atoms with van der Waals surface area (Å²) in [6.45, 7) is 10.1. The Balaban J connectivity index is 2.39. The normalized spacial score (nSPS) is 11.2. The fourth-order valence-electron chi connectivity index (χ4n) is 3.18. The van der Waals surface area contributed by atoms with Gasteiger partial charge in [-0.25, -0.2) is 4.79 Å². The molecule has 140 valence electrons. The van der Waals surface area contributed by atoms with Crippen LogP contribution in [0.15, 0.2) is 30.3 Å². The second-order valence-corrected chi connectivity index (χ2v) is 7.37. The average Bonchev–Trinajstić information content (AvgIpc) is 2.55. The fraction of sp³-hybridized carbons (Fsp3) is 0.409. The number of hydrogen-bond donors (Lipinski definition) is 2. The molecule has 2 N–H and O–H groups in total. The van der Waals surface area contributed by atoms with Gasteiger partial charge in [-0.15, -0.1) is 0 Å². The van der Waals surface area contributed by atoms with Gasteiger partial charge in [0.05, 0.1) is 0 Å². The number of phenolic OH excluding ortho intramolecular Hbond substituents is 1. The number of aryl methyl sites for hydroxylation is 1. The average molecular weight is 356 g/mol. The maximum Gasteiger partial charge on any atom is 0.341 e. The minimum absolute atomic E-state index is 0.257. The molecule has 4 heteroatoms. The Kier molecular flexibility index (Phi) is 6.30. The zero-order valence-electron chi connectivity index (χ0n) is 16.2. The largest absolute Gasteiger partial charge is 0.508 e. The van der Waals surface area contributed by atoms with Crippen LogP contribution in [-0.2, 0) is 11.2 Å². The lowest BCUT2D eigenvalue weighted by Crippen LogP contribution is -2.10. The number of hydrogen-bond acceptors (Lipinski definition) is 3. The lowest BCUT2D eigenvalue weighted by atomic mass is 9.88. The van der Waals surface area contributed by atoms with Crippen LogP contribution in [0.25, 0.3) is 0 Å². The van der Waals surface area contributed by atoms with E-state index < -0.39 is 5.97 Å². The molecular weight excluding hydrogens is 328 g/mol.